The van der Waals surface area contributed by atoms with E-state index >= 15 is 0 Å². The molecule has 0 saturated heterocycles. The van der Waals surface area contributed by atoms with Crippen LogP contribution in [0.5, 0.6) is 0 Å². The molecule has 0 spiro atoms. The van der Waals surface area contributed by atoms with E-state index in [9.17, 15) is 4.57 Å². The summed E-state index contributed by atoms with van der Waals surface area (Å²) in [5.41, 5.74) is 3.87. The van der Waals surface area contributed by atoms with Crippen LogP contribution in [-0.4, -0.2) is 13.2 Å². The second-order valence-electron chi connectivity index (χ2n) is 7.29. The molecular weight excluding hydrogens is 423 g/mol. The summed E-state index contributed by atoms with van der Waals surface area (Å²) in [5.74, 6) is 0. The van der Waals surface area contributed by atoms with E-state index in [1.807, 2.05) is 104 Å². The fourth-order valence-electron chi connectivity index (χ4n) is 2.80. The molecule has 6 heteroatoms. The highest BCUT2D eigenvalue weighted by molar-refractivity contribution is 7.48. The van der Waals surface area contributed by atoms with E-state index < -0.39 is 7.82 Å². The zero-order chi connectivity index (χ0) is 22.5. The van der Waals surface area contributed by atoms with Crippen LogP contribution in [0.25, 0.3) is 0 Å². The molecule has 0 aliphatic rings. The first-order valence-corrected chi connectivity index (χ1v) is 12.0. The monoisotopic (exact) mass is 452 g/mol. The fourth-order valence-corrected chi connectivity index (χ4v) is 3.90. The Morgan fingerprint density at radius 3 is 1.59 bits per heavy atom. The van der Waals surface area contributed by atoms with Crippen LogP contribution in [-0.2, 0) is 42.7 Å². The second-order valence-corrected chi connectivity index (χ2v) is 8.96. The van der Waals surface area contributed by atoms with Crippen molar-refractivity contribution >= 4 is 7.82 Å². The molecule has 3 aromatic rings. The lowest BCUT2D eigenvalue weighted by Crippen LogP contribution is -2.03. The smallest absolute Gasteiger partial charge is 0.372 e. The third-order valence-electron chi connectivity index (χ3n) is 4.57. The van der Waals surface area contributed by atoms with Gasteiger partial charge in [-0.2, -0.15) is 0 Å². The first-order valence-electron chi connectivity index (χ1n) is 10.5. The maximum atomic E-state index is 13.2. The van der Waals surface area contributed by atoms with Crippen molar-refractivity contribution in [2.45, 2.75) is 26.7 Å². The maximum Gasteiger partial charge on any atom is 0.475 e. The Balaban J connectivity index is 1.52. The molecule has 3 aromatic carbocycles. The molecule has 168 valence electrons. The van der Waals surface area contributed by atoms with E-state index in [-0.39, 0.29) is 19.8 Å². The average Bonchev–Trinajstić information content (AvgIpc) is 2.84. The second kappa shape index (κ2) is 13.1. The lowest BCUT2D eigenvalue weighted by molar-refractivity contribution is 0.110. The van der Waals surface area contributed by atoms with Crippen molar-refractivity contribution in [3.05, 3.63) is 119 Å². The molecule has 0 heterocycles. The van der Waals surface area contributed by atoms with Crippen LogP contribution in [0.3, 0.4) is 0 Å². The van der Waals surface area contributed by atoms with Crippen molar-refractivity contribution in [2.24, 2.45) is 0 Å². The lowest BCUT2D eigenvalue weighted by Gasteiger charge is -2.18. The molecule has 3 rings (SSSR count). The van der Waals surface area contributed by atoms with E-state index in [4.69, 9.17) is 18.3 Å². The fraction of sp³-hybridized carbons (Fsp3) is 0.231. The van der Waals surface area contributed by atoms with E-state index in [1.165, 1.54) is 0 Å². The zero-order valence-electron chi connectivity index (χ0n) is 18.3. The molecule has 5 nitrogen and oxygen atoms in total. The van der Waals surface area contributed by atoms with Crippen molar-refractivity contribution in [1.82, 2.24) is 0 Å². The summed E-state index contributed by atoms with van der Waals surface area (Å²) in [4.78, 5) is 0. The average molecular weight is 452 g/mol. The quantitative estimate of drug-likeness (QED) is 0.213. The predicted octanol–water partition coefficient (Wildman–Crippen LogP) is 6.71. The Morgan fingerprint density at radius 2 is 1.12 bits per heavy atom. The third kappa shape index (κ3) is 8.91. The highest BCUT2D eigenvalue weighted by atomic mass is 31.2. The molecule has 0 atom stereocenters. The molecule has 0 aliphatic carbocycles. The van der Waals surface area contributed by atoms with Gasteiger partial charge in [-0.25, -0.2) is 4.57 Å². The Hall–Kier alpha value is -2.53. The first kappa shape index (κ1) is 24.1. The zero-order valence-corrected chi connectivity index (χ0v) is 19.2. The Labute approximate surface area is 190 Å². The minimum absolute atomic E-state index is 0.0986. The Bertz CT molecular complexity index is 943. The van der Waals surface area contributed by atoms with Gasteiger partial charge in [-0.15, -0.1) is 0 Å². The van der Waals surface area contributed by atoms with Crippen LogP contribution in [0.15, 0.2) is 103 Å². The Morgan fingerprint density at radius 1 is 0.688 bits per heavy atom. The van der Waals surface area contributed by atoms with Crippen LogP contribution >= 0.6 is 7.82 Å². The lowest BCUT2D eigenvalue weighted by atomic mass is 10.2. The van der Waals surface area contributed by atoms with Gasteiger partial charge >= 0.3 is 7.82 Å². The van der Waals surface area contributed by atoms with Crippen LogP contribution in [0.1, 0.15) is 23.6 Å². The molecule has 32 heavy (non-hydrogen) atoms. The molecule has 0 aromatic heterocycles. The van der Waals surface area contributed by atoms with E-state index in [0.29, 0.717) is 13.2 Å². The Kier molecular flexibility index (Phi) is 9.89. The minimum atomic E-state index is -3.77. The standard InChI is InChI=1S/C26H29O5P/c1-23(19-28-20-24-11-5-2-6-12-24)17-18-29-32(27,30-21-25-13-7-3-8-14-25)31-22-26-15-9-4-10-16-26/h2-17H,18-22H2,1H3/b23-17-. The van der Waals surface area contributed by atoms with E-state index in [0.717, 1.165) is 22.3 Å². The van der Waals surface area contributed by atoms with E-state index in [1.54, 1.807) is 0 Å². The molecule has 0 saturated carbocycles. The van der Waals surface area contributed by atoms with Gasteiger partial charge in [-0.05, 0) is 29.2 Å². The number of ether oxygens (including phenoxy) is 1. The topological polar surface area (TPSA) is 54.0 Å². The molecule has 0 bridgehead atoms. The first-order chi connectivity index (χ1) is 15.6. The molecule has 0 fully saturated rings. The normalized spacial score (nSPS) is 12.1. The van der Waals surface area contributed by atoms with Crippen molar-refractivity contribution in [3.63, 3.8) is 0 Å². The number of phosphoric acid groups is 1. The largest absolute Gasteiger partial charge is 0.475 e. The molecule has 0 unspecified atom stereocenters. The number of phosphoric ester groups is 1. The van der Waals surface area contributed by atoms with Crippen LogP contribution in [0.4, 0.5) is 0 Å². The molecular formula is C26H29O5P. The third-order valence-corrected chi connectivity index (χ3v) is 5.93. The van der Waals surface area contributed by atoms with Gasteiger partial charge in [0.05, 0.1) is 33.0 Å². The molecule has 0 amide bonds. The van der Waals surface area contributed by atoms with E-state index in [2.05, 4.69) is 0 Å². The van der Waals surface area contributed by atoms with Gasteiger partial charge in [0.25, 0.3) is 0 Å². The van der Waals surface area contributed by atoms with Gasteiger partial charge in [0.2, 0.25) is 0 Å². The van der Waals surface area contributed by atoms with Gasteiger partial charge in [0.1, 0.15) is 0 Å². The summed E-state index contributed by atoms with van der Waals surface area (Å²) in [5, 5.41) is 0. The van der Waals surface area contributed by atoms with Gasteiger partial charge in [0, 0.05) is 0 Å². The summed E-state index contributed by atoms with van der Waals surface area (Å²) < 4.78 is 35.7. The van der Waals surface area contributed by atoms with Gasteiger partial charge in [-0.1, -0.05) is 97.1 Å². The maximum absolute atomic E-state index is 13.2. The SMILES string of the molecule is C/C(=C/COP(=O)(OCc1ccccc1)OCc1ccccc1)COCc1ccccc1. The van der Waals surface area contributed by atoms with Gasteiger partial charge < -0.3 is 4.74 Å². The summed E-state index contributed by atoms with van der Waals surface area (Å²) in [7, 11) is -3.77. The molecule has 0 N–H and O–H groups in total. The van der Waals surface area contributed by atoms with Crippen molar-refractivity contribution in [2.75, 3.05) is 13.2 Å². The van der Waals surface area contributed by atoms with Crippen LogP contribution in [0.2, 0.25) is 0 Å². The van der Waals surface area contributed by atoms with Gasteiger partial charge in [0.15, 0.2) is 0 Å². The summed E-state index contributed by atoms with van der Waals surface area (Å²) in [6, 6.07) is 29.0. The number of rotatable bonds is 13. The highest BCUT2D eigenvalue weighted by Crippen LogP contribution is 2.51. The van der Waals surface area contributed by atoms with Gasteiger partial charge in [-0.3, -0.25) is 13.6 Å². The van der Waals surface area contributed by atoms with Crippen molar-refractivity contribution in [1.29, 1.82) is 0 Å². The van der Waals surface area contributed by atoms with Crippen molar-refractivity contribution in [3.8, 4) is 0 Å². The van der Waals surface area contributed by atoms with Crippen LogP contribution < -0.4 is 0 Å². The molecule has 0 radical (unpaired) electrons. The summed E-state index contributed by atoms with van der Waals surface area (Å²) >= 11 is 0. The number of hydrogen-bond acceptors (Lipinski definition) is 5. The number of benzene rings is 3. The predicted molar refractivity (Wildman–Crippen MR) is 126 cm³/mol. The summed E-state index contributed by atoms with van der Waals surface area (Å²) in [6.07, 6.45) is 1.83. The van der Waals surface area contributed by atoms with Crippen molar-refractivity contribution < 1.29 is 22.9 Å². The highest BCUT2D eigenvalue weighted by Gasteiger charge is 2.26. The molecule has 0 aliphatic heterocycles. The minimum Gasteiger partial charge on any atom is -0.372 e. The van der Waals surface area contributed by atoms with Crippen LogP contribution in [0, 0.1) is 0 Å². The number of hydrogen-bond donors (Lipinski definition) is 0. The summed E-state index contributed by atoms with van der Waals surface area (Å²) in [6.45, 7) is 3.30.